The lowest BCUT2D eigenvalue weighted by molar-refractivity contribution is 0.0910. The molecule has 3 aromatic rings. The van der Waals surface area contributed by atoms with Crippen LogP contribution in [0.4, 0.5) is 0 Å². The molecule has 3 nitrogen and oxygen atoms in total. The number of methoxy groups -OCH3 is 1. The maximum atomic E-state index is 5.32. The third-order valence-corrected chi connectivity index (χ3v) is 6.81. The second-order valence-corrected chi connectivity index (χ2v) is 8.63. The number of hydrogen-bond acceptors (Lipinski definition) is 2. The summed E-state index contributed by atoms with van der Waals surface area (Å²) in [5, 5.41) is 1.46. The number of piperidine rings is 1. The summed E-state index contributed by atoms with van der Waals surface area (Å²) < 4.78 is 5.32. The van der Waals surface area contributed by atoms with Crippen LogP contribution in [0.15, 0.2) is 42.5 Å². The van der Waals surface area contributed by atoms with Crippen molar-refractivity contribution in [1.82, 2.24) is 9.88 Å². The summed E-state index contributed by atoms with van der Waals surface area (Å²) in [5.41, 5.74) is 7.22. The SMILES string of the molecule is COc1ccc(CN2CCCC(C)C2c2cc3c4c(ccc3[nH]2)CCC4)cc1. The number of aromatic nitrogens is 1. The topological polar surface area (TPSA) is 28.3 Å². The highest BCUT2D eigenvalue weighted by atomic mass is 16.5. The summed E-state index contributed by atoms with van der Waals surface area (Å²) in [6.07, 6.45) is 6.37. The zero-order valence-corrected chi connectivity index (χ0v) is 17.0. The van der Waals surface area contributed by atoms with E-state index in [4.69, 9.17) is 4.74 Å². The van der Waals surface area contributed by atoms with Gasteiger partial charge in [0.15, 0.2) is 0 Å². The summed E-state index contributed by atoms with van der Waals surface area (Å²) >= 11 is 0. The number of aromatic amines is 1. The molecule has 146 valence electrons. The van der Waals surface area contributed by atoms with Gasteiger partial charge in [-0.15, -0.1) is 0 Å². The minimum absolute atomic E-state index is 0.459. The van der Waals surface area contributed by atoms with E-state index in [-0.39, 0.29) is 0 Å². The Labute approximate surface area is 167 Å². The number of likely N-dealkylation sites (tertiary alicyclic amines) is 1. The molecule has 3 heteroatoms. The van der Waals surface area contributed by atoms with Crippen molar-refractivity contribution in [3.8, 4) is 5.75 Å². The second-order valence-electron chi connectivity index (χ2n) is 8.63. The molecule has 1 N–H and O–H groups in total. The first-order valence-electron chi connectivity index (χ1n) is 10.7. The van der Waals surface area contributed by atoms with E-state index in [2.05, 4.69) is 59.3 Å². The first-order chi connectivity index (χ1) is 13.7. The molecule has 0 saturated carbocycles. The van der Waals surface area contributed by atoms with E-state index in [0.29, 0.717) is 12.0 Å². The van der Waals surface area contributed by atoms with Gasteiger partial charge in [0.1, 0.15) is 5.75 Å². The maximum Gasteiger partial charge on any atom is 0.118 e. The zero-order valence-electron chi connectivity index (χ0n) is 17.0. The van der Waals surface area contributed by atoms with Gasteiger partial charge in [0.05, 0.1) is 13.2 Å². The molecule has 0 radical (unpaired) electrons. The van der Waals surface area contributed by atoms with Crippen molar-refractivity contribution in [2.24, 2.45) is 5.92 Å². The molecule has 28 heavy (non-hydrogen) atoms. The van der Waals surface area contributed by atoms with Crippen molar-refractivity contribution in [2.75, 3.05) is 13.7 Å². The summed E-state index contributed by atoms with van der Waals surface area (Å²) in [6, 6.07) is 16.1. The quantitative estimate of drug-likeness (QED) is 0.640. The average molecular weight is 375 g/mol. The first kappa shape index (κ1) is 17.8. The molecule has 2 aliphatic rings. The van der Waals surface area contributed by atoms with E-state index in [0.717, 1.165) is 18.8 Å². The van der Waals surface area contributed by atoms with Gasteiger partial charge in [0.2, 0.25) is 0 Å². The maximum absolute atomic E-state index is 5.32. The van der Waals surface area contributed by atoms with Gasteiger partial charge in [-0.05, 0) is 85.5 Å². The molecule has 0 spiro atoms. The largest absolute Gasteiger partial charge is 0.497 e. The second kappa shape index (κ2) is 7.29. The third-order valence-electron chi connectivity index (χ3n) is 6.81. The van der Waals surface area contributed by atoms with Gasteiger partial charge in [-0.2, -0.15) is 0 Å². The number of aryl methyl sites for hydroxylation is 2. The molecular formula is C25H30N2O. The van der Waals surface area contributed by atoms with Gasteiger partial charge >= 0.3 is 0 Å². The number of benzene rings is 2. The lowest BCUT2D eigenvalue weighted by atomic mass is 9.88. The summed E-state index contributed by atoms with van der Waals surface area (Å²) in [4.78, 5) is 6.47. The molecule has 0 bridgehead atoms. The third kappa shape index (κ3) is 3.12. The Hall–Kier alpha value is -2.26. The van der Waals surface area contributed by atoms with Gasteiger partial charge in [-0.25, -0.2) is 0 Å². The van der Waals surface area contributed by atoms with Crippen LogP contribution in [0.1, 0.15) is 54.6 Å². The van der Waals surface area contributed by atoms with E-state index in [1.807, 2.05) is 0 Å². The fraction of sp³-hybridized carbons (Fsp3) is 0.440. The number of H-pyrrole nitrogens is 1. The molecule has 2 aromatic carbocycles. The van der Waals surface area contributed by atoms with E-state index in [9.17, 15) is 0 Å². The Morgan fingerprint density at radius 1 is 1.07 bits per heavy atom. The Kier molecular flexibility index (Phi) is 4.64. The Morgan fingerprint density at radius 3 is 2.75 bits per heavy atom. The van der Waals surface area contributed by atoms with E-state index >= 15 is 0 Å². The van der Waals surface area contributed by atoms with Crippen molar-refractivity contribution in [3.63, 3.8) is 0 Å². The molecule has 1 saturated heterocycles. The van der Waals surface area contributed by atoms with Gasteiger partial charge in [0.25, 0.3) is 0 Å². The predicted octanol–water partition coefficient (Wildman–Crippen LogP) is 5.64. The number of nitrogens with zero attached hydrogens (tertiary/aromatic N) is 1. The Morgan fingerprint density at radius 2 is 1.93 bits per heavy atom. The number of rotatable bonds is 4. The molecule has 2 unspecified atom stereocenters. The van der Waals surface area contributed by atoms with Crippen LogP contribution >= 0.6 is 0 Å². The smallest absolute Gasteiger partial charge is 0.118 e. The molecule has 2 atom stereocenters. The minimum Gasteiger partial charge on any atom is -0.497 e. The fourth-order valence-electron chi connectivity index (χ4n) is 5.39. The normalized spacial score (nSPS) is 22.5. The van der Waals surface area contributed by atoms with Crippen LogP contribution in [0.2, 0.25) is 0 Å². The summed E-state index contributed by atoms with van der Waals surface area (Å²) in [7, 11) is 1.73. The Balaban J connectivity index is 1.47. The molecule has 1 aliphatic carbocycles. The Bertz CT molecular complexity index is 972. The van der Waals surface area contributed by atoms with Crippen molar-refractivity contribution in [1.29, 1.82) is 0 Å². The van der Waals surface area contributed by atoms with Crippen LogP contribution in [0.3, 0.4) is 0 Å². The highest BCUT2D eigenvalue weighted by molar-refractivity contribution is 5.85. The molecular weight excluding hydrogens is 344 g/mol. The highest BCUT2D eigenvalue weighted by Crippen LogP contribution is 2.39. The number of nitrogens with one attached hydrogen (secondary N) is 1. The van der Waals surface area contributed by atoms with Gasteiger partial charge in [0, 0.05) is 23.1 Å². The zero-order chi connectivity index (χ0) is 19.1. The molecule has 1 aromatic heterocycles. The number of hydrogen-bond donors (Lipinski definition) is 1. The van der Waals surface area contributed by atoms with E-state index < -0.39 is 0 Å². The van der Waals surface area contributed by atoms with Crippen LogP contribution in [0.5, 0.6) is 5.75 Å². The van der Waals surface area contributed by atoms with Crippen LogP contribution in [0, 0.1) is 5.92 Å². The van der Waals surface area contributed by atoms with Gasteiger partial charge in [-0.3, -0.25) is 4.90 Å². The highest BCUT2D eigenvalue weighted by Gasteiger charge is 2.31. The van der Waals surface area contributed by atoms with Crippen LogP contribution < -0.4 is 4.74 Å². The fourth-order valence-corrected chi connectivity index (χ4v) is 5.39. The van der Waals surface area contributed by atoms with Gasteiger partial charge < -0.3 is 9.72 Å². The molecule has 0 amide bonds. The lowest BCUT2D eigenvalue weighted by Gasteiger charge is -2.39. The number of fused-ring (bicyclic) bond motifs is 3. The molecule has 2 heterocycles. The van der Waals surface area contributed by atoms with Crippen molar-refractivity contribution < 1.29 is 4.74 Å². The standard InChI is InChI=1S/C25H30N2O/c1-17-5-4-14-27(16-18-8-11-20(28-2)12-9-18)25(17)24-15-22-21-7-3-6-19(21)10-13-23(22)26-24/h8-13,15,17,25-26H,3-7,14,16H2,1-2H3. The van der Waals surface area contributed by atoms with E-state index in [1.165, 1.54) is 54.3 Å². The first-order valence-corrected chi connectivity index (χ1v) is 10.7. The van der Waals surface area contributed by atoms with Crippen molar-refractivity contribution in [2.45, 2.75) is 51.6 Å². The summed E-state index contributed by atoms with van der Waals surface area (Å²) in [6.45, 7) is 4.57. The minimum atomic E-state index is 0.459. The summed E-state index contributed by atoms with van der Waals surface area (Å²) in [5.74, 6) is 1.59. The predicted molar refractivity (Wildman–Crippen MR) is 115 cm³/mol. The lowest BCUT2D eigenvalue weighted by Crippen LogP contribution is -2.37. The van der Waals surface area contributed by atoms with Crippen LogP contribution in [-0.2, 0) is 19.4 Å². The van der Waals surface area contributed by atoms with Crippen LogP contribution in [0.25, 0.3) is 10.9 Å². The van der Waals surface area contributed by atoms with Crippen molar-refractivity contribution in [3.05, 3.63) is 64.8 Å². The molecule has 1 fully saturated rings. The van der Waals surface area contributed by atoms with Crippen LogP contribution in [-0.4, -0.2) is 23.5 Å². The number of ether oxygens (including phenoxy) is 1. The monoisotopic (exact) mass is 374 g/mol. The molecule has 1 aliphatic heterocycles. The van der Waals surface area contributed by atoms with Gasteiger partial charge in [-0.1, -0.05) is 25.1 Å². The van der Waals surface area contributed by atoms with E-state index in [1.54, 1.807) is 18.2 Å². The molecule has 5 rings (SSSR count). The van der Waals surface area contributed by atoms with Crippen molar-refractivity contribution >= 4 is 10.9 Å². The average Bonchev–Trinajstić information content (AvgIpc) is 3.35.